The molecule has 1 fully saturated rings. The molecular weight excluding hydrogens is 250 g/mol. The Morgan fingerprint density at radius 1 is 1.10 bits per heavy atom. The molecule has 1 aliphatic heterocycles. The summed E-state index contributed by atoms with van der Waals surface area (Å²) in [6.45, 7) is 8.41. The molecule has 20 heavy (non-hydrogen) atoms. The van der Waals surface area contributed by atoms with E-state index in [4.69, 9.17) is 0 Å². The van der Waals surface area contributed by atoms with Crippen molar-refractivity contribution in [2.24, 2.45) is 0 Å². The Morgan fingerprint density at radius 2 is 1.75 bits per heavy atom. The summed E-state index contributed by atoms with van der Waals surface area (Å²) < 4.78 is 0. The second-order valence-electron chi connectivity index (χ2n) is 5.23. The molecular formula is C16H25N3O. The monoisotopic (exact) mass is 275 g/mol. The van der Waals surface area contributed by atoms with Gasteiger partial charge in [-0.3, -0.25) is 0 Å². The molecule has 1 aromatic rings. The number of urea groups is 1. The van der Waals surface area contributed by atoms with Gasteiger partial charge < -0.3 is 15.1 Å². The number of hydrogen-bond donors (Lipinski definition) is 1. The predicted molar refractivity (Wildman–Crippen MR) is 83.3 cm³/mol. The molecule has 0 radical (unpaired) electrons. The third-order valence-electron chi connectivity index (χ3n) is 3.80. The van der Waals surface area contributed by atoms with E-state index in [1.807, 2.05) is 4.90 Å². The van der Waals surface area contributed by atoms with Gasteiger partial charge in [0.2, 0.25) is 0 Å². The molecule has 0 bridgehead atoms. The van der Waals surface area contributed by atoms with E-state index in [0.29, 0.717) is 0 Å². The van der Waals surface area contributed by atoms with E-state index >= 15 is 0 Å². The first-order valence-corrected chi connectivity index (χ1v) is 7.61. The number of anilines is 1. The second kappa shape index (κ2) is 7.17. The number of nitrogens with zero attached hydrogens (tertiary/aromatic N) is 2. The Kier molecular flexibility index (Phi) is 5.27. The first kappa shape index (κ1) is 14.7. The molecule has 110 valence electrons. The highest BCUT2D eigenvalue weighted by Crippen LogP contribution is 2.17. The standard InChI is InChI=1S/C16H25N3O/c1-3-9-17-16(20)19-12-10-18(11-13-19)15-7-5-14(4-2)6-8-15/h5-8H,3-4,9-13H2,1-2H3,(H,17,20). The van der Waals surface area contributed by atoms with Gasteiger partial charge in [0.05, 0.1) is 0 Å². The van der Waals surface area contributed by atoms with E-state index in [9.17, 15) is 4.79 Å². The summed E-state index contributed by atoms with van der Waals surface area (Å²) in [7, 11) is 0. The molecule has 1 N–H and O–H groups in total. The number of hydrogen-bond acceptors (Lipinski definition) is 2. The summed E-state index contributed by atoms with van der Waals surface area (Å²) in [5, 5.41) is 2.94. The molecule has 0 aliphatic carbocycles. The van der Waals surface area contributed by atoms with Crippen molar-refractivity contribution in [1.82, 2.24) is 10.2 Å². The number of benzene rings is 1. The van der Waals surface area contributed by atoms with Crippen molar-refractivity contribution in [3.63, 3.8) is 0 Å². The molecule has 2 rings (SSSR count). The highest BCUT2D eigenvalue weighted by atomic mass is 16.2. The molecule has 0 atom stereocenters. The van der Waals surface area contributed by atoms with Crippen molar-refractivity contribution in [3.05, 3.63) is 29.8 Å². The van der Waals surface area contributed by atoms with Gasteiger partial charge in [0.25, 0.3) is 0 Å². The van der Waals surface area contributed by atoms with Crippen LogP contribution in [-0.4, -0.2) is 43.7 Å². The number of aryl methyl sites for hydroxylation is 1. The largest absolute Gasteiger partial charge is 0.368 e. The minimum atomic E-state index is 0.0767. The van der Waals surface area contributed by atoms with Crippen LogP contribution in [0.1, 0.15) is 25.8 Å². The first-order chi connectivity index (χ1) is 9.74. The Hall–Kier alpha value is -1.71. The Bertz CT molecular complexity index is 422. The van der Waals surface area contributed by atoms with Crippen molar-refractivity contribution in [1.29, 1.82) is 0 Å². The van der Waals surface area contributed by atoms with Gasteiger partial charge in [-0.2, -0.15) is 0 Å². The lowest BCUT2D eigenvalue weighted by Gasteiger charge is -2.36. The fourth-order valence-electron chi connectivity index (χ4n) is 2.45. The summed E-state index contributed by atoms with van der Waals surface area (Å²) in [5.74, 6) is 0. The van der Waals surface area contributed by atoms with Gasteiger partial charge in [-0.05, 0) is 30.5 Å². The normalized spacial score (nSPS) is 15.3. The molecule has 0 aromatic heterocycles. The zero-order valence-electron chi connectivity index (χ0n) is 12.6. The summed E-state index contributed by atoms with van der Waals surface area (Å²) >= 11 is 0. The highest BCUT2D eigenvalue weighted by Gasteiger charge is 2.20. The number of amides is 2. The molecule has 4 heteroatoms. The minimum absolute atomic E-state index is 0.0767. The maximum atomic E-state index is 11.9. The first-order valence-electron chi connectivity index (χ1n) is 7.61. The lowest BCUT2D eigenvalue weighted by Crippen LogP contribution is -2.52. The molecule has 2 amide bonds. The Balaban J connectivity index is 1.85. The van der Waals surface area contributed by atoms with Crippen LogP contribution in [0.2, 0.25) is 0 Å². The molecule has 1 saturated heterocycles. The van der Waals surface area contributed by atoms with Crippen LogP contribution in [-0.2, 0) is 6.42 Å². The highest BCUT2D eigenvalue weighted by molar-refractivity contribution is 5.74. The van der Waals surface area contributed by atoms with E-state index in [1.165, 1.54) is 11.3 Å². The van der Waals surface area contributed by atoms with E-state index in [0.717, 1.165) is 45.6 Å². The van der Waals surface area contributed by atoms with Gasteiger partial charge in [0.15, 0.2) is 0 Å². The van der Waals surface area contributed by atoms with E-state index < -0.39 is 0 Å². The Labute approximate surface area is 121 Å². The summed E-state index contributed by atoms with van der Waals surface area (Å²) in [6.07, 6.45) is 2.06. The lowest BCUT2D eigenvalue weighted by molar-refractivity contribution is 0.194. The van der Waals surface area contributed by atoms with Crippen LogP contribution in [0.15, 0.2) is 24.3 Å². The van der Waals surface area contributed by atoms with Crippen molar-refractivity contribution in [2.45, 2.75) is 26.7 Å². The number of nitrogens with one attached hydrogen (secondary N) is 1. The number of rotatable bonds is 4. The van der Waals surface area contributed by atoms with Gasteiger partial charge in [-0.25, -0.2) is 4.79 Å². The van der Waals surface area contributed by atoms with Crippen LogP contribution >= 0.6 is 0 Å². The third-order valence-corrected chi connectivity index (χ3v) is 3.80. The van der Waals surface area contributed by atoms with Crippen molar-refractivity contribution in [2.75, 3.05) is 37.6 Å². The summed E-state index contributed by atoms with van der Waals surface area (Å²) in [6, 6.07) is 8.83. The maximum Gasteiger partial charge on any atom is 0.317 e. The van der Waals surface area contributed by atoms with Gasteiger partial charge in [0.1, 0.15) is 0 Å². The topological polar surface area (TPSA) is 35.6 Å². The summed E-state index contributed by atoms with van der Waals surface area (Å²) in [4.78, 5) is 16.1. The molecule has 1 heterocycles. The second-order valence-corrected chi connectivity index (χ2v) is 5.23. The SMILES string of the molecule is CCCNC(=O)N1CCN(c2ccc(CC)cc2)CC1. The van der Waals surface area contributed by atoms with Crippen LogP contribution in [0, 0.1) is 0 Å². The number of carbonyl (C=O) groups excluding carboxylic acids is 1. The smallest absolute Gasteiger partial charge is 0.317 e. The van der Waals surface area contributed by atoms with Crippen LogP contribution in [0.3, 0.4) is 0 Å². The molecule has 0 unspecified atom stereocenters. The number of carbonyl (C=O) groups is 1. The molecule has 0 saturated carbocycles. The van der Waals surface area contributed by atoms with E-state index in [-0.39, 0.29) is 6.03 Å². The third kappa shape index (κ3) is 3.65. The van der Waals surface area contributed by atoms with E-state index in [1.54, 1.807) is 0 Å². The fourth-order valence-corrected chi connectivity index (χ4v) is 2.45. The van der Waals surface area contributed by atoms with Crippen LogP contribution in [0.5, 0.6) is 0 Å². The maximum absolute atomic E-state index is 11.9. The van der Waals surface area contributed by atoms with Crippen LogP contribution < -0.4 is 10.2 Å². The zero-order chi connectivity index (χ0) is 14.4. The van der Waals surface area contributed by atoms with Crippen molar-refractivity contribution < 1.29 is 4.79 Å². The van der Waals surface area contributed by atoms with Gasteiger partial charge in [-0.1, -0.05) is 26.0 Å². The van der Waals surface area contributed by atoms with Gasteiger partial charge in [-0.15, -0.1) is 0 Å². The molecule has 4 nitrogen and oxygen atoms in total. The molecule has 1 aliphatic rings. The van der Waals surface area contributed by atoms with Crippen molar-refractivity contribution >= 4 is 11.7 Å². The zero-order valence-corrected chi connectivity index (χ0v) is 12.6. The average Bonchev–Trinajstić information content (AvgIpc) is 2.53. The van der Waals surface area contributed by atoms with E-state index in [2.05, 4.69) is 48.3 Å². The predicted octanol–water partition coefficient (Wildman–Crippen LogP) is 2.49. The van der Waals surface area contributed by atoms with Crippen molar-refractivity contribution in [3.8, 4) is 0 Å². The molecule has 0 spiro atoms. The van der Waals surface area contributed by atoms with Crippen LogP contribution in [0.4, 0.5) is 10.5 Å². The van der Waals surface area contributed by atoms with Gasteiger partial charge in [0, 0.05) is 38.4 Å². The Morgan fingerprint density at radius 3 is 2.30 bits per heavy atom. The quantitative estimate of drug-likeness (QED) is 0.916. The molecule has 1 aromatic carbocycles. The van der Waals surface area contributed by atoms with Gasteiger partial charge >= 0.3 is 6.03 Å². The fraction of sp³-hybridized carbons (Fsp3) is 0.562. The number of piperazine rings is 1. The average molecular weight is 275 g/mol. The minimum Gasteiger partial charge on any atom is -0.368 e. The summed E-state index contributed by atoms with van der Waals surface area (Å²) in [5.41, 5.74) is 2.63. The lowest BCUT2D eigenvalue weighted by atomic mass is 10.1. The van der Waals surface area contributed by atoms with Crippen LogP contribution in [0.25, 0.3) is 0 Å².